The van der Waals surface area contributed by atoms with E-state index in [0.29, 0.717) is 0 Å². The standard InChI is InChI=1S/C9H16O2.C7H12O2.C6H10O2/c1-6(2)8(10)5-9(11)7(3)4;1-5(8)7(3,4)6(2)9;1-4(5(2)7)6(3)8/h6-7H,5H2,1-4H3;1-4H3;4H,1-3H3. The van der Waals surface area contributed by atoms with Gasteiger partial charge in [-0.15, -0.1) is 0 Å². The lowest BCUT2D eigenvalue weighted by atomic mass is 9.85. The SMILES string of the molecule is CC(=O)C(C)(C)C(C)=O.CC(=O)C(C)C(C)=O.CC(C)C(=O)CC(=O)C(C)C. The molecule has 6 heteroatoms. The molecule has 28 heavy (non-hydrogen) atoms. The van der Waals surface area contributed by atoms with Crippen molar-refractivity contribution in [2.75, 3.05) is 0 Å². The summed E-state index contributed by atoms with van der Waals surface area (Å²) in [6.45, 7) is 17.9. The largest absolute Gasteiger partial charge is 0.299 e. The summed E-state index contributed by atoms with van der Waals surface area (Å²) < 4.78 is 0. The Hall–Kier alpha value is -1.98. The zero-order valence-electron chi connectivity index (χ0n) is 19.4. The van der Waals surface area contributed by atoms with Crippen molar-refractivity contribution < 1.29 is 28.8 Å². The second-order valence-electron chi connectivity index (χ2n) is 8.10. The van der Waals surface area contributed by atoms with E-state index in [2.05, 4.69) is 0 Å². The number of hydrogen-bond acceptors (Lipinski definition) is 6. The smallest absolute Gasteiger partial charge is 0.142 e. The maximum Gasteiger partial charge on any atom is 0.142 e. The molecule has 162 valence electrons. The molecule has 0 aromatic carbocycles. The quantitative estimate of drug-likeness (QED) is 0.576. The van der Waals surface area contributed by atoms with E-state index in [-0.39, 0.29) is 53.0 Å². The van der Waals surface area contributed by atoms with Crippen LogP contribution in [0, 0.1) is 23.2 Å². The molecule has 0 unspecified atom stereocenters. The van der Waals surface area contributed by atoms with Gasteiger partial charge in [-0.3, -0.25) is 28.8 Å². The normalized spacial score (nSPS) is 10.5. The zero-order chi connectivity index (χ0) is 23.4. The first kappa shape index (κ1) is 30.7. The molecule has 0 heterocycles. The second kappa shape index (κ2) is 14.1. The van der Waals surface area contributed by atoms with Gasteiger partial charge >= 0.3 is 0 Å². The zero-order valence-corrected chi connectivity index (χ0v) is 19.4. The first-order valence-corrected chi connectivity index (χ1v) is 9.47. The Kier molecular flexibility index (Phi) is 15.5. The second-order valence-corrected chi connectivity index (χ2v) is 8.10. The maximum absolute atomic E-state index is 11.0. The van der Waals surface area contributed by atoms with Crippen molar-refractivity contribution in [2.45, 2.75) is 82.6 Å². The molecule has 0 amide bonds. The van der Waals surface area contributed by atoms with Crippen LogP contribution in [-0.2, 0) is 28.8 Å². The molecule has 0 aliphatic carbocycles. The summed E-state index contributed by atoms with van der Waals surface area (Å²) in [6, 6.07) is 0. The van der Waals surface area contributed by atoms with Gasteiger partial charge in [0.05, 0.1) is 17.8 Å². The van der Waals surface area contributed by atoms with Gasteiger partial charge in [0, 0.05) is 11.8 Å². The van der Waals surface area contributed by atoms with Crippen molar-refractivity contribution in [1.82, 2.24) is 0 Å². The van der Waals surface area contributed by atoms with Gasteiger partial charge in [0.1, 0.15) is 34.7 Å². The van der Waals surface area contributed by atoms with Crippen molar-refractivity contribution in [3.05, 3.63) is 0 Å². The highest BCUT2D eigenvalue weighted by molar-refractivity contribution is 6.04. The third kappa shape index (κ3) is 14.1. The van der Waals surface area contributed by atoms with Gasteiger partial charge in [0.2, 0.25) is 0 Å². The summed E-state index contributed by atoms with van der Waals surface area (Å²) >= 11 is 0. The molecule has 0 fully saturated rings. The minimum atomic E-state index is -0.778. The number of carbonyl (C=O) groups excluding carboxylic acids is 6. The third-order valence-electron chi connectivity index (χ3n) is 4.62. The van der Waals surface area contributed by atoms with Crippen molar-refractivity contribution in [3.8, 4) is 0 Å². The molecule has 0 saturated carbocycles. The highest BCUT2D eigenvalue weighted by Gasteiger charge is 2.28. The predicted octanol–water partition coefficient (Wildman–Crippen LogP) is 3.82. The molecular weight excluding hydrogens is 360 g/mol. The number of carbonyl (C=O) groups is 6. The summed E-state index contributed by atoms with van der Waals surface area (Å²) in [5, 5.41) is 0. The van der Waals surface area contributed by atoms with E-state index in [9.17, 15) is 28.8 Å². The molecule has 0 aliphatic rings. The molecule has 0 aromatic heterocycles. The van der Waals surface area contributed by atoms with Crippen molar-refractivity contribution in [1.29, 1.82) is 0 Å². The van der Waals surface area contributed by atoms with E-state index in [1.54, 1.807) is 20.8 Å². The van der Waals surface area contributed by atoms with Gasteiger partial charge in [-0.25, -0.2) is 0 Å². The molecule has 0 saturated heterocycles. The predicted molar refractivity (Wildman–Crippen MR) is 110 cm³/mol. The average Bonchev–Trinajstić information content (AvgIpc) is 2.54. The first-order chi connectivity index (χ1) is 12.4. The molecule has 6 nitrogen and oxygen atoms in total. The summed E-state index contributed by atoms with van der Waals surface area (Å²) in [6.07, 6.45) is 0.106. The van der Waals surface area contributed by atoms with Crippen LogP contribution in [0.3, 0.4) is 0 Å². The molecule has 0 atom stereocenters. The van der Waals surface area contributed by atoms with E-state index < -0.39 is 11.3 Å². The van der Waals surface area contributed by atoms with Gasteiger partial charge in [0.25, 0.3) is 0 Å². The fourth-order valence-electron chi connectivity index (χ4n) is 1.11. The third-order valence-corrected chi connectivity index (χ3v) is 4.62. The fraction of sp³-hybridized carbons (Fsp3) is 0.727. The van der Waals surface area contributed by atoms with Gasteiger partial charge in [-0.05, 0) is 48.5 Å². The molecular formula is C22H38O6. The topological polar surface area (TPSA) is 102 Å². The Morgan fingerprint density at radius 2 is 0.857 bits per heavy atom. The lowest BCUT2D eigenvalue weighted by molar-refractivity contribution is -0.136. The molecule has 0 spiro atoms. The fourth-order valence-corrected chi connectivity index (χ4v) is 1.11. The number of rotatable bonds is 8. The maximum atomic E-state index is 11.0. The lowest BCUT2D eigenvalue weighted by Gasteiger charge is -2.15. The van der Waals surface area contributed by atoms with Crippen LogP contribution in [0.15, 0.2) is 0 Å². The molecule has 0 radical (unpaired) electrons. The molecule has 0 rings (SSSR count). The number of ketones is 6. The van der Waals surface area contributed by atoms with Gasteiger partial charge in [0.15, 0.2) is 0 Å². The summed E-state index contributed by atoms with van der Waals surface area (Å²) in [5.41, 5.74) is -0.778. The summed E-state index contributed by atoms with van der Waals surface area (Å²) in [7, 11) is 0. The number of hydrogen-bond donors (Lipinski definition) is 0. The minimum absolute atomic E-state index is 0.0160. The average molecular weight is 399 g/mol. The lowest BCUT2D eigenvalue weighted by Crippen LogP contribution is -2.29. The van der Waals surface area contributed by atoms with Crippen LogP contribution in [0.5, 0.6) is 0 Å². The molecule has 0 aromatic rings. The van der Waals surface area contributed by atoms with Crippen LogP contribution in [0.2, 0.25) is 0 Å². The monoisotopic (exact) mass is 398 g/mol. The van der Waals surface area contributed by atoms with E-state index in [1.165, 1.54) is 27.7 Å². The van der Waals surface area contributed by atoms with Crippen LogP contribution in [0.25, 0.3) is 0 Å². The Labute approximate surface area is 169 Å². The van der Waals surface area contributed by atoms with E-state index in [4.69, 9.17) is 0 Å². The Morgan fingerprint density at radius 3 is 0.929 bits per heavy atom. The Morgan fingerprint density at radius 1 is 0.607 bits per heavy atom. The van der Waals surface area contributed by atoms with Gasteiger partial charge in [-0.2, -0.15) is 0 Å². The van der Waals surface area contributed by atoms with Crippen LogP contribution in [0.4, 0.5) is 0 Å². The van der Waals surface area contributed by atoms with Crippen molar-refractivity contribution in [2.24, 2.45) is 23.2 Å². The summed E-state index contributed by atoms with van der Waals surface area (Å²) in [4.78, 5) is 64.2. The van der Waals surface area contributed by atoms with E-state index >= 15 is 0 Å². The van der Waals surface area contributed by atoms with Crippen molar-refractivity contribution in [3.63, 3.8) is 0 Å². The highest BCUT2D eigenvalue weighted by atomic mass is 16.2. The van der Waals surface area contributed by atoms with Crippen LogP contribution >= 0.6 is 0 Å². The first-order valence-electron chi connectivity index (χ1n) is 9.47. The Bertz CT molecular complexity index is 534. The summed E-state index contributed by atoms with van der Waals surface area (Å²) in [5.74, 6) is -0.613. The van der Waals surface area contributed by atoms with Gasteiger partial charge < -0.3 is 0 Å². The minimum Gasteiger partial charge on any atom is -0.299 e. The highest BCUT2D eigenvalue weighted by Crippen LogP contribution is 2.16. The number of Topliss-reactive ketones (excluding diaryl/α,β-unsaturated/α-hetero) is 6. The van der Waals surface area contributed by atoms with Crippen LogP contribution in [-0.4, -0.2) is 34.7 Å². The molecule has 0 aliphatic heterocycles. The molecule has 0 N–H and O–H groups in total. The van der Waals surface area contributed by atoms with Crippen LogP contribution in [0.1, 0.15) is 82.6 Å². The van der Waals surface area contributed by atoms with E-state index in [1.807, 2.05) is 27.7 Å². The van der Waals surface area contributed by atoms with Crippen LogP contribution < -0.4 is 0 Å². The molecule has 0 bridgehead atoms. The van der Waals surface area contributed by atoms with Gasteiger partial charge in [-0.1, -0.05) is 27.7 Å². The van der Waals surface area contributed by atoms with E-state index in [0.717, 1.165) is 0 Å². The Balaban J connectivity index is -0.000000340. The van der Waals surface area contributed by atoms with Crippen molar-refractivity contribution >= 4 is 34.7 Å².